The van der Waals surface area contributed by atoms with E-state index in [2.05, 4.69) is 12.3 Å². The molecule has 1 heterocycles. The van der Waals surface area contributed by atoms with Gasteiger partial charge in [0.2, 0.25) is 0 Å². The minimum Gasteiger partial charge on any atom is -0.481 e. The average molecular weight is 224 g/mol. The molecule has 1 aromatic heterocycles. The second kappa shape index (κ2) is 3.97. The summed E-state index contributed by atoms with van der Waals surface area (Å²) in [6.45, 7) is 2.15. The second-order valence-electron chi connectivity index (χ2n) is 4.74. The molecule has 1 saturated carbocycles. The summed E-state index contributed by atoms with van der Waals surface area (Å²) in [5.41, 5.74) is 0.692. The first-order chi connectivity index (χ1) is 7.12. The van der Waals surface area contributed by atoms with E-state index in [1.807, 2.05) is 11.4 Å². The molecule has 1 N–H and O–H groups in total. The summed E-state index contributed by atoms with van der Waals surface area (Å²) < 4.78 is 0. The smallest absolute Gasteiger partial charge is 0.309 e. The van der Waals surface area contributed by atoms with Crippen LogP contribution >= 0.6 is 11.3 Å². The van der Waals surface area contributed by atoms with Gasteiger partial charge in [-0.2, -0.15) is 11.3 Å². The van der Waals surface area contributed by atoms with Crippen LogP contribution in [0.5, 0.6) is 0 Å². The van der Waals surface area contributed by atoms with Crippen molar-refractivity contribution in [3.8, 4) is 0 Å². The Hall–Kier alpha value is -0.830. The van der Waals surface area contributed by atoms with Crippen LogP contribution in [0.2, 0.25) is 0 Å². The zero-order valence-electron chi connectivity index (χ0n) is 8.90. The number of carboxylic acids is 1. The summed E-state index contributed by atoms with van der Waals surface area (Å²) in [6, 6.07) is 2.04. The molecule has 3 heteroatoms. The second-order valence-corrected chi connectivity index (χ2v) is 5.52. The summed E-state index contributed by atoms with van der Waals surface area (Å²) in [4.78, 5) is 11.4. The molecule has 0 aromatic carbocycles. The molecule has 1 aliphatic carbocycles. The van der Waals surface area contributed by atoms with Crippen LogP contribution in [0.1, 0.15) is 31.7 Å². The van der Waals surface area contributed by atoms with Crippen LogP contribution in [0.3, 0.4) is 0 Å². The third-order valence-corrected chi connectivity index (χ3v) is 4.16. The maximum Gasteiger partial charge on any atom is 0.309 e. The zero-order valence-corrected chi connectivity index (χ0v) is 9.72. The number of hydrogen-bond donors (Lipinski definition) is 1. The summed E-state index contributed by atoms with van der Waals surface area (Å²) in [6.07, 6.45) is 3.42. The minimum absolute atomic E-state index is 0.486. The van der Waals surface area contributed by atoms with Crippen molar-refractivity contribution in [2.24, 2.45) is 11.3 Å². The molecular formula is C12H16O2S. The van der Waals surface area contributed by atoms with Gasteiger partial charge in [0.05, 0.1) is 5.41 Å². The first kappa shape index (κ1) is 10.7. The van der Waals surface area contributed by atoms with Crippen LogP contribution in [0, 0.1) is 11.3 Å². The fourth-order valence-electron chi connectivity index (χ4n) is 2.61. The highest BCUT2D eigenvalue weighted by molar-refractivity contribution is 7.07. The highest BCUT2D eigenvalue weighted by atomic mass is 32.1. The zero-order chi connectivity index (χ0) is 10.9. The fourth-order valence-corrected chi connectivity index (χ4v) is 3.28. The Balaban J connectivity index is 2.17. The molecule has 1 aromatic rings. The van der Waals surface area contributed by atoms with Crippen molar-refractivity contribution in [3.63, 3.8) is 0 Å². The SMILES string of the molecule is CC1CCC(Cc2ccsc2)(C(=O)O)C1. The standard InChI is InChI=1S/C12H16O2S/c1-9-2-4-12(6-9,11(13)14)7-10-3-5-15-8-10/h3,5,8-9H,2,4,6-7H2,1H3,(H,13,14). The van der Waals surface area contributed by atoms with Gasteiger partial charge in [-0.3, -0.25) is 4.79 Å². The van der Waals surface area contributed by atoms with E-state index in [-0.39, 0.29) is 0 Å². The highest BCUT2D eigenvalue weighted by Crippen LogP contribution is 2.44. The van der Waals surface area contributed by atoms with E-state index in [0.717, 1.165) is 19.3 Å². The molecule has 0 saturated heterocycles. The summed E-state index contributed by atoms with van der Waals surface area (Å²) in [5.74, 6) is -0.0576. The number of aliphatic carboxylic acids is 1. The van der Waals surface area contributed by atoms with Crippen molar-refractivity contribution in [2.45, 2.75) is 32.6 Å². The van der Waals surface area contributed by atoms with Gasteiger partial charge in [0.1, 0.15) is 0 Å². The van der Waals surface area contributed by atoms with Crippen LogP contribution in [0.25, 0.3) is 0 Å². The van der Waals surface area contributed by atoms with Gasteiger partial charge in [-0.25, -0.2) is 0 Å². The van der Waals surface area contributed by atoms with Crippen molar-refractivity contribution in [1.82, 2.24) is 0 Å². The van der Waals surface area contributed by atoms with Gasteiger partial charge in [-0.1, -0.05) is 6.92 Å². The van der Waals surface area contributed by atoms with Crippen molar-refractivity contribution in [3.05, 3.63) is 22.4 Å². The van der Waals surface area contributed by atoms with Crippen LogP contribution < -0.4 is 0 Å². The van der Waals surface area contributed by atoms with Crippen molar-refractivity contribution in [2.75, 3.05) is 0 Å². The van der Waals surface area contributed by atoms with Gasteiger partial charge in [0, 0.05) is 0 Å². The van der Waals surface area contributed by atoms with Crippen molar-refractivity contribution >= 4 is 17.3 Å². The lowest BCUT2D eigenvalue weighted by molar-refractivity contribution is -0.148. The first-order valence-corrected chi connectivity index (χ1v) is 6.31. The number of hydrogen-bond acceptors (Lipinski definition) is 2. The number of carboxylic acid groups (broad SMARTS) is 1. The maximum absolute atomic E-state index is 11.4. The fraction of sp³-hybridized carbons (Fsp3) is 0.583. The van der Waals surface area contributed by atoms with E-state index >= 15 is 0 Å². The molecule has 0 bridgehead atoms. The van der Waals surface area contributed by atoms with Crippen LogP contribution in [0.15, 0.2) is 16.8 Å². The predicted molar refractivity (Wildman–Crippen MR) is 61.1 cm³/mol. The Bertz CT molecular complexity index is 345. The molecule has 82 valence electrons. The van der Waals surface area contributed by atoms with Crippen molar-refractivity contribution in [1.29, 1.82) is 0 Å². The van der Waals surface area contributed by atoms with Gasteiger partial charge >= 0.3 is 5.97 Å². The van der Waals surface area contributed by atoms with E-state index in [9.17, 15) is 9.90 Å². The molecule has 0 aliphatic heterocycles. The number of thiophene rings is 1. The Labute approximate surface area is 93.9 Å². The van der Waals surface area contributed by atoms with E-state index < -0.39 is 11.4 Å². The molecule has 0 amide bonds. The average Bonchev–Trinajstić information content (AvgIpc) is 2.77. The van der Waals surface area contributed by atoms with E-state index in [1.54, 1.807) is 11.3 Å². The van der Waals surface area contributed by atoms with Crippen molar-refractivity contribution < 1.29 is 9.90 Å². The Morgan fingerprint density at radius 1 is 1.73 bits per heavy atom. The topological polar surface area (TPSA) is 37.3 Å². The van der Waals surface area contributed by atoms with E-state index in [4.69, 9.17) is 0 Å². The molecule has 1 fully saturated rings. The van der Waals surface area contributed by atoms with Gasteiger partial charge in [-0.05, 0) is 54.0 Å². The lowest BCUT2D eigenvalue weighted by Gasteiger charge is -2.23. The Morgan fingerprint density at radius 3 is 3.00 bits per heavy atom. The summed E-state index contributed by atoms with van der Waals surface area (Å²) in [5, 5.41) is 13.5. The van der Waals surface area contributed by atoms with E-state index in [1.165, 1.54) is 5.56 Å². The van der Waals surface area contributed by atoms with E-state index in [0.29, 0.717) is 12.3 Å². The molecule has 15 heavy (non-hydrogen) atoms. The number of rotatable bonds is 3. The lowest BCUT2D eigenvalue weighted by atomic mass is 9.80. The normalized spacial score (nSPS) is 30.6. The van der Waals surface area contributed by atoms with Crippen LogP contribution in [-0.4, -0.2) is 11.1 Å². The summed E-state index contributed by atoms with van der Waals surface area (Å²) >= 11 is 1.64. The molecule has 0 radical (unpaired) electrons. The molecule has 2 nitrogen and oxygen atoms in total. The van der Waals surface area contributed by atoms with Gasteiger partial charge in [-0.15, -0.1) is 0 Å². The molecule has 2 unspecified atom stereocenters. The highest BCUT2D eigenvalue weighted by Gasteiger charge is 2.44. The van der Waals surface area contributed by atoms with Crippen LogP contribution in [0.4, 0.5) is 0 Å². The third-order valence-electron chi connectivity index (χ3n) is 3.43. The molecular weight excluding hydrogens is 208 g/mol. The van der Waals surface area contributed by atoms with Crippen LogP contribution in [-0.2, 0) is 11.2 Å². The monoisotopic (exact) mass is 224 g/mol. The van der Waals surface area contributed by atoms with Gasteiger partial charge in [0.25, 0.3) is 0 Å². The predicted octanol–water partition coefficient (Wildman–Crippen LogP) is 3.18. The first-order valence-electron chi connectivity index (χ1n) is 5.37. The molecule has 1 aliphatic rings. The Kier molecular flexibility index (Phi) is 2.83. The maximum atomic E-state index is 11.4. The Morgan fingerprint density at radius 2 is 2.53 bits per heavy atom. The lowest BCUT2D eigenvalue weighted by Crippen LogP contribution is -2.30. The third kappa shape index (κ3) is 2.07. The minimum atomic E-state index is -0.613. The van der Waals surface area contributed by atoms with Gasteiger partial charge < -0.3 is 5.11 Å². The quantitative estimate of drug-likeness (QED) is 0.856. The molecule has 0 spiro atoms. The largest absolute Gasteiger partial charge is 0.481 e. The summed E-state index contributed by atoms with van der Waals surface area (Å²) in [7, 11) is 0. The molecule has 2 rings (SSSR count). The number of carbonyl (C=O) groups is 1. The van der Waals surface area contributed by atoms with Gasteiger partial charge in [0.15, 0.2) is 0 Å². The molecule has 2 atom stereocenters.